The van der Waals surface area contributed by atoms with E-state index in [4.69, 9.17) is 0 Å². The molecule has 0 aliphatic rings. The molecular weight excluding hydrogens is 369 g/mol. The van der Waals surface area contributed by atoms with E-state index in [0.717, 1.165) is 12.1 Å². The van der Waals surface area contributed by atoms with Gasteiger partial charge in [0.2, 0.25) is 5.75 Å². The van der Waals surface area contributed by atoms with E-state index in [-0.39, 0.29) is 0 Å². The van der Waals surface area contributed by atoms with Gasteiger partial charge in [-0.2, -0.15) is 13.2 Å². The maximum Gasteiger partial charge on any atom is 0.491 e. The van der Waals surface area contributed by atoms with E-state index in [1.54, 1.807) is 6.92 Å². The maximum absolute atomic E-state index is 14.1. The van der Waals surface area contributed by atoms with Crippen molar-refractivity contribution in [3.05, 3.63) is 53.1 Å². The third-order valence-corrected chi connectivity index (χ3v) is 3.35. The van der Waals surface area contributed by atoms with Gasteiger partial charge in [-0.05, 0) is 41.8 Å². The van der Waals surface area contributed by atoms with Gasteiger partial charge in [0.15, 0.2) is 11.6 Å². The average Bonchev–Trinajstić information content (AvgIpc) is 2.49. The quantitative estimate of drug-likeness (QED) is 0.407. The molecule has 140 valence electrons. The van der Waals surface area contributed by atoms with Crippen molar-refractivity contribution in [2.75, 3.05) is 0 Å². The summed E-state index contributed by atoms with van der Waals surface area (Å²) in [6.07, 6.45) is -4.48. The highest BCUT2D eigenvalue weighted by atomic mass is 19.4. The van der Waals surface area contributed by atoms with Crippen molar-refractivity contribution >= 4 is 5.97 Å². The van der Waals surface area contributed by atoms with Crippen LogP contribution in [0.4, 0.5) is 30.7 Å². The van der Waals surface area contributed by atoms with Crippen LogP contribution < -0.4 is 4.74 Å². The van der Waals surface area contributed by atoms with Gasteiger partial charge in [-0.15, -0.1) is 0 Å². The average molecular weight is 380 g/mol. The lowest BCUT2D eigenvalue weighted by Crippen LogP contribution is -2.28. The van der Waals surface area contributed by atoms with Gasteiger partial charge in [0.05, 0.1) is 5.56 Å². The first kappa shape index (κ1) is 19.7. The summed E-state index contributed by atoms with van der Waals surface area (Å²) in [5.74, 6) is -10.0. The first-order valence-corrected chi connectivity index (χ1v) is 7.31. The highest BCUT2D eigenvalue weighted by Crippen LogP contribution is 2.33. The standard InChI is InChI=1S/C17H11F7O2/c1-2-3-8-4-10(18)14(11(19)5-8)9-6-12(20)15(13(21)7-9)26-16(25)17(22,23)24/h4-7H,2-3H2,1H3. The van der Waals surface area contributed by atoms with Gasteiger partial charge in [-0.25, -0.2) is 22.4 Å². The fraction of sp³-hybridized carbons (Fsp3) is 0.235. The Hall–Kier alpha value is -2.58. The number of esters is 1. The van der Waals surface area contributed by atoms with Gasteiger partial charge in [0, 0.05) is 0 Å². The van der Waals surface area contributed by atoms with Crippen LogP contribution in [0.3, 0.4) is 0 Å². The van der Waals surface area contributed by atoms with Gasteiger partial charge in [-0.3, -0.25) is 0 Å². The van der Waals surface area contributed by atoms with Crippen LogP contribution in [-0.2, 0) is 11.2 Å². The molecular formula is C17H11F7O2. The summed E-state index contributed by atoms with van der Waals surface area (Å²) in [6.45, 7) is 1.79. The van der Waals surface area contributed by atoms with Crippen LogP contribution >= 0.6 is 0 Å². The van der Waals surface area contributed by atoms with Crippen molar-refractivity contribution < 1.29 is 40.3 Å². The summed E-state index contributed by atoms with van der Waals surface area (Å²) in [5.41, 5.74) is -1.01. The van der Waals surface area contributed by atoms with Gasteiger partial charge in [-0.1, -0.05) is 13.3 Å². The zero-order valence-corrected chi connectivity index (χ0v) is 13.2. The number of rotatable bonds is 4. The van der Waals surface area contributed by atoms with Crippen molar-refractivity contribution in [3.8, 4) is 16.9 Å². The number of hydrogen-bond donors (Lipinski definition) is 0. The van der Waals surface area contributed by atoms with Crippen molar-refractivity contribution in [1.29, 1.82) is 0 Å². The number of ether oxygens (including phenoxy) is 1. The third kappa shape index (κ3) is 4.14. The van der Waals surface area contributed by atoms with E-state index >= 15 is 0 Å². The van der Waals surface area contributed by atoms with Crippen LogP contribution in [0.25, 0.3) is 11.1 Å². The Balaban J connectivity index is 2.46. The molecule has 2 aromatic carbocycles. The van der Waals surface area contributed by atoms with Crippen LogP contribution in [0.2, 0.25) is 0 Å². The number of benzene rings is 2. The van der Waals surface area contributed by atoms with Gasteiger partial charge >= 0.3 is 12.1 Å². The molecule has 2 nitrogen and oxygen atoms in total. The Morgan fingerprint density at radius 3 is 1.85 bits per heavy atom. The molecule has 0 saturated carbocycles. The molecule has 2 aromatic rings. The zero-order chi connectivity index (χ0) is 19.6. The Labute approximate surface area is 143 Å². The second kappa shape index (κ2) is 7.35. The topological polar surface area (TPSA) is 26.3 Å². The lowest BCUT2D eigenvalue weighted by molar-refractivity contribution is -0.190. The molecule has 0 radical (unpaired) electrons. The molecule has 0 spiro atoms. The number of carbonyl (C=O) groups is 1. The zero-order valence-electron chi connectivity index (χ0n) is 13.2. The number of aryl methyl sites for hydroxylation is 1. The van der Waals surface area contributed by atoms with Crippen LogP contribution in [-0.4, -0.2) is 12.1 Å². The number of hydrogen-bond acceptors (Lipinski definition) is 2. The Kier molecular flexibility index (Phi) is 5.58. The number of halogens is 7. The minimum atomic E-state index is -5.47. The van der Waals surface area contributed by atoms with E-state index in [1.165, 1.54) is 0 Å². The maximum atomic E-state index is 14.1. The summed E-state index contributed by atoms with van der Waals surface area (Å²) >= 11 is 0. The normalized spacial score (nSPS) is 11.5. The second-order valence-corrected chi connectivity index (χ2v) is 5.34. The Morgan fingerprint density at radius 1 is 0.923 bits per heavy atom. The smallest absolute Gasteiger partial charge is 0.414 e. The highest BCUT2D eigenvalue weighted by molar-refractivity contribution is 5.78. The van der Waals surface area contributed by atoms with Crippen LogP contribution in [0.15, 0.2) is 24.3 Å². The Bertz CT molecular complexity index is 797. The lowest BCUT2D eigenvalue weighted by atomic mass is 10.00. The van der Waals surface area contributed by atoms with Crippen molar-refractivity contribution in [3.63, 3.8) is 0 Å². The molecule has 0 saturated heterocycles. The molecule has 0 N–H and O–H groups in total. The first-order valence-electron chi connectivity index (χ1n) is 7.31. The van der Waals surface area contributed by atoms with Crippen molar-refractivity contribution in [2.45, 2.75) is 25.9 Å². The number of carbonyl (C=O) groups excluding carboxylic acids is 1. The monoisotopic (exact) mass is 380 g/mol. The van der Waals surface area contributed by atoms with Crippen LogP contribution in [0.1, 0.15) is 18.9 Å². The molecule has 0 unspecified atom stereocenters. The van der Waals surface area contributed by atoms with Gasteiger partial charge < -0.3 is 4.74 Å². The van der Waals surface area contributed by atoms with Gasteiger partial charge in [0.25, 0.3) is 0 Å². The largest absolute Gasteiger partial charge is 0.491 e. The fourth-order valence-corrected chi connectivity index (χ4v) is 2.29. The van der Waals surface area contributed by atoms with Gasteiger partial charge in [0.1, 0.15) is 11.6 Å². The fourth-order valence-electron chi connectivity index (χ4n) is 2.29. The summed E-state index contributed by atoms with van der Waals surface area (Å²) in [4.78, 5) is 10.7. The summed E-state index contributed by atoms with van der Waals surface area (Å²) < 4.78 is 96.1. The van der Waals surface area contributed by atoms with Crippen LogP contribution in [0.5, 0.6) is 5.75 Å². The molecule has 0 fully saturated rings. The molecule has 0 bridgehead atoms. The second-order valence-electron chi connectivity index (χ2n) is 5.34. The summed E-state index contributed by atoms with van der Waals surface area (Å²) in [7, 11) is 0. The highest BCUT2D eigenvalue weighted by Gasteiger charge is 2.42. The van der Waals surface area contributed by atoms with Crippen molar-refractivity contribution in [2.24, 2.45) is 0 Å². The van der Waals surface area contributed by atoms with E-state index in [2.05, 4.69) is 4.74 Å². The first-order chi connectivity index (χ1) is 12.0. The predicted molar refractivity (Wildman–Crippen MR) is 77.4 cm³/mol. The molecule has 0 aromatic heterocycles. The van der Waals surface area contributed by atoms with Crippen molar-refractivity contribution in [1.82, 2.24) is 0 Å². The van der Waals surface area contributed by atoms with E-state index in [1.807, 2.05) is 0 Å². The molecule has 2 rings (SSSR count). The van der Waals surface area contributed by atoms with Crippen LogP contribution in [0, 0.1) is 23.3 Å². The molecule has 26 heavy (non-hydrogen) atoms. The molecule has 0 heterocycles. The van der Waals surface area contributed by atoms with E-state index in [9.17, 15) is 35.5 Å². The molecule has 0 aliphatic heterocycles. The van der Waals surface area contributed by atoms with E-state index < -0.39 is 52.3 Å². The predicted octanol–water partition coefficient (Wildman–Crippen LogP) is 5.33. The molecule has 9 heteroatoms. The third-order valence-electron chi connectivity index (χ3n) is 3.35. The Morgan fingerprint density at radius 2 is 1.42 bits per heavy atom. The lowest BCUT2D eigenvalue weighted by Gasteiger charge is -2.12. The van der Waals surface area contributed by atoms with E-state index in [0.29, 0.717) is 30.5 Å². The minimum absolute atomic E-state index is 0.336. The summed E-state index contributed by atoms with van der Waals surface area (Å²) in [5, 5.41) is 0. The molecule has 0 atom stereocenters. The molecule has 0 aliphatic carbocycles. The minimum Gasteiger partial charge on any atom is -0.414 e. The SMILES string of the molecule is CCCc1cc(F)c(-c2cc(F)c(OC(=O)C(F)(F)F)c(F)c2)c(F)c1. The number of alkyl halides is 3. The summed E-state index contributed by atoms with van der Waals surface area (Å²) in [6, 6.07) is 2.75. The molecule has 0 amide bonds.